The van der Waals surface area contributed by atoms with E-state index in [-0.39, 0.29) is 22.2 Å². The van der Waals surface area contributed by atoms with E-state index in [1.165, 1.54) is 18.2 Å². The number of halogens is 3. The number of benzene rings is 3. The second-order valence-corrected chi connectivity index (χ2v) is 7.47. The Kier molecular flexibility index (Phi) is 5.89. The molecule has 0 bridgehead atoms. The minimum absolute atomic E-state index is 0.0298. The molecule has 4 rings (SSSR count). The first-order valence-corrected chi connectivity index (χ1v) is 9.94. The van der Waals surface area contributed by atoms with Gasteiger partial charge in [-0.2, -0.15) is 18.3 Å². The van der Waals surface area contributed by atoms with Crippen LogP contribution in [0.5, 0.6) is 0 Å². The van der Waals surface area contributed by atoms with Crippen LogP contribution in [0.25, 0.3) is 10.8 Å². The number of hydrogen-bond acceptors (Lipinski definition) is 4. The van der Waals surface area contributed by atoms with Crippen LogP contribution in [0.2, 0.25) is 0 Å². The van der Waals surface area contributed by atoms with Crippen molar-refractivity contribution in [1.29, 1.82) is 0 Å². The lowest BCUT2D eigenvalue weighted by Crippen LogP contribution is -2.15. The molecule has 3 aromatic carbocycles. The van der Waals surface area contributed by atoms with E-state index in [0.717, 1.165) is 29.8 Å². The first kappa shape index (κ1) is 22.7. The van der Waals surface area contributed by atoms with E-state index in [4.69, 9.17) is 5.11 Å². The summed E-state index contributed by atoms with van der Waals surface area (Å²) in [6.07, 6.45) is -4.18. The zero-order chi connectivity index (χ0) is 24.5. The Bertz CT molecular complexity index is 1440. The number of H-pyrrole nitrogens is 1. The highest BCUT2D eigenvalue weighted by atomic mass is 19.4. The van der Waals surface area contributed by atoms with Crippen molar-refractivity contribution in [2.24, 2.45) is 0 Å². The Morgan fingerprint density at radius 3 is 2.18 bits per heavy atom. The van der Waals surface area contributed by atoms with Gasteiger partial charge in [0.1, 0.15) is 0 Å². The van der Waals surface area contributed by atoms with Crippen LogP contribution in [0.1, 0.15) is 37.5 Å². The molecule has 4 aromatic rings. The number of aromatic carboxylic acids is 1. The lowest BCUT2D eigenvalue weighted by atomic mass is 10.0. The van der Waals surface area contributed by atoms with Crippen molar-refractivity contribution in [3.63, 3.8) is 0 Å². The van der Waals surface area contributed by atoms with Crippen LogP contribution in [-0.4, -0.2) is 27.2 Å². The average Bonchev–Trinajstić information content (AvgIpc) is 2.81. The summed E-state index contributed by atoms with van der Waals surface area (Å²) in [5.41, 5.74) is 0.443. The van der Waals surface area contributed by atoms with Crippen molar-refractivity contribution in [3.05, 3.63) is 105 Å². The third kappa shape index (κ3) is 4.80. The molecule has 34 heavy (non-hydrogen) atoms. The Labute approximate surface area is 189 Å². The Balaban J connectivity index is 1.58. The topological polar surface area (TPSA) is 112 Å². The number of hydrogen-bond donors (Lipinski definition) is 3. The highest BCUT2D eigenvalue weighted by Gasteiger charge is 2.30. The Morgan fingerprint density at radius 2 is 1.56 bits per heavy atom. The highest BCUT2D eigenvalue weighted by Crippen LogP contribution is 2.29. The fraction of sp³-hybridized carbons (Fsp3) is 0.0833. The SMILES string of the molecule is O=C(O)c1ccc(Cc2n[nH]c(=O)c3cc(NC(=O)c4ccc(C(F)(F)F)cc4)ccc23)cc1. The predicted octanol–water partition coefficient (Wildman–Crippen LogP) is 4.48. The van der Waals surface area contributed by atoms with Crippen molar-refractivity contribution in [1.82, 2.24) is 10.2 Å². The van der Waals surface area contributed by atoms with Crippen molar-refractivity contribution >= 4 is 28.3 Å². The summed E-state index contributed by atoms with van der Waals surface area (Å²) in [6.45, 7) is 0. The molecule has 0 fully saturated rings. The van der Waals surface area contributed by atoms with Gasteiger partial charge in [-0.3, -0.25) is 9.59 Å². The summed E-state index contributed by atoms with van der Waals surface area (Å²) in [5, 5.41) is 18.9. The Morgan fingerprint density at radius 1 is 0.912 bits per heavy atom. The number of rotatable bonds is 5. The van der Waals surface area contributed by atoms with Crippen LogP contribution in [0.4, 0.5) is 18.9 Å². The number of fused-ring (bicyclic) bond motifs is 1. The molecule has 1 amide bonds. The second-order valence-electron chi connectivity index (χ2n) is 7.47. The van der Waals surface area contributed by atoms with E-state index in [9.17, 15) is 27.6 Å². The van der Waals surface area contributed by atoms with Crippen molar-refractivity contribution in [2.75, 3.05) is 5.32 Å². The number of carboxylic acids is 1. The van der Waals surface area contributed by atoms with E-state index in [2.05, 4.69) is 15.5 Å². The van der Waals surface area contributed by atoms with Crippen molar-refractivity contribution < 1.29 is 27.9 Å². The lowest BCUT2D eigenvalue weighted by Gasteiger charge is -2.10. The van der Waals surface area contributed by atoms with Crippen LogP contribution in [-0.2, 0) is 12.6 Å². The minimum atomic E-state index is -4.50. The molecule has 0 aliphatic heterocycles. The van der Waals surface area contributed by atoms with Crippen LogP contribution >= 0.6 is 0 Å². The maximum Gasteiger partial charge on any atom is 0.416 e. The molecular weight excluding hydrogens is 451 g/mol. The molecule has 1 aromatic heterocycles. The smallest absolute Gasteiger partial charge is 0.416 e. The summed E-state index contributed by atoms with van der Waals surface area (Å²) in [6, 6.07) is 14.7. The first-order valence-electron chi connectivity index (χ1n) is 9.94. The number of aromatic amines is 1. The molecule has 1 heterocycles. The van der Waals surface area contributed by atoms with Gasteiger partial charge in [0, 0.05) is 23.1 Å². The zero-order valence-electron chi connectivity index (χ0n) is 17.3. The molecule has 0 unspecified atom stereocenters. The number of alkyl halides is 3. The summed E-state index contributed by atoms with van der Waals surface area (Å²) in [5.74, 6) is -1.66. The number of carboxylic acid groups (broad SMARTS) is 1. The second kappa shape index (κ2) is 8.81. The summed E-state index contributed by atoms with van der Waals surface area (Å²) in [7, 11) is 0. The maximum absolute atomic E-state index is 12.7. The lowest BCUT2D eigenvalue weighted by molar-refractivity contribution is -0.137. The normalized spacial score (nSPS) is 11.4. The molecule has 0 aliphatic carbocycles. The van der Waals surface area contributed by atoms with E-state index in [0.29, 0.717) is 17.5 Å². The van der Waals surface area contributed by atoms with Gasteiger partial charge in [0.25, 0.3) is 11.5 Å². The zero-order valence-corrected chi connectivity index (χ0v) is 17.3. The molecule has 0 aliphatic rings. The summed E-state index contributed by atoms with van der Waals surface area (Å²) < 4.78 is 38.1. The minimum Gasteiger partial charge on any atom is -0.478 e. The number of aromatic nitrogens is 2. The largest absolute Gasteiger partial charge is 0.478 e. The van der Waals surface area contributed by atoms with Gasteiger partial charge in [-0.15, -0.1) is 0 Å². The van der Waals surface area contributed by atoms with Crippen LogP contribution in [0.15, 0.2) is 71.5 Å². The van der Waals surface area contributed by atoms with Gasteiger partial charge in [0.05, 0.1) is 22.2 Å². The number of nitrogens with one attached hydrogen (secondary N) is 2. The number of carbonyl (C=O) groups excluding carboxylic acids is 1. The molecular formula is C24H16F3N3O4. The third-order valence-corrected chi connectivity index (χ3v) is 5.17. The van der Waals surface area contributed by atoms with E-state index in [1.54, 1.807) is 24.3 Å². The number of amides is 1. The fourth-order valence-corrected chi connectivity index (χ4v) is 3.41. The Hall–Kier alpha value is -4.47. The van der Waals surface area contributed by atoms with Gasteiger partial charge in [0.15, 0.2) is 0 Å². The summed E-state index contributed by atoms with van der Waals surface area (Å²) >= 11 is 0. The molecule has 172 valence electrons. The predicted molar refractivity (Wildman–Crippen MR) is 118 cm³/mol. The van der Waals surface area contributed by atoms with Crippen LogP contribution < -0.4 is 10.9 Å². The molecule has 0 saturated heterocycles. The number of carbonyl (C=O) groups is 2. The molecule has 0 atom stereocenters. The van der Waals surface area contributed by atoms with Gasteiger partial charge < -0.3 is 10.4 Å². The van der Waals surface area contributed by atoms with Gasteiger partial charge >= 0.3 is 12.1 Å². The van der Waals surface area contributed by atoms with Gasteiger partial charge in [-0.25, -0.2) is 9.89 Å². The molecule has 7 nitrogen and oxygen atoms in total. The molecule has 0 saturated carbocycles. The third-order valence-electron chi connectivity index (χ3n) is 5.17. The number of nitrogens with zero attached hydrogens (tertiary/aromatic N) is 1. The average molecular weight is 467 g/mol. The van der Waals surface area contributed by atoms with E-state index < -0.39 is 29.2 Å². The quantitative estimate of drug-likeness (QED) is 0.401. The van der Waals surface area contributed by atoms with E-state index in [1.807, 2.05) is 0 Å². The molecule has 0 spiro atoms. The van der Waals surface area contributed by atoms with Crippen molar-refractivity contribution in [2.45, 2.75) is 12.6 Å². The number of anilines is 1. The fourth-order valence-electron chi connectivity index (χ4n) is 3.41. The molecule has 0 radical (unpaired) electrons. The summed E-state index contributed by atoms with van der Waals surface area (Å²) in [4.78, 5) is 35.8. The first-order chi connectivity index (χ1) is 16.1. The van der Waals surface area contributed by atoms with E-state index >= 15 is 0 Å². The van der Waals surface area contributed by atoms with Gasteiger partial charge in [-0.1, -0.05) is 18.2 Å². The van der Waals surface area contributed by atoms with Crippen LogP contribution in [0.3, 0.4) is 0 Å². The van der Waals surface area contributed by atoms with Crippen molar-refractivity contribution in [3.8, 4) is 0 Å². The standard InChI is InChI=1S/C24H16F3N3O4/c25-24(26,27)16-7-5-14(6-8-16)21(31)28-17-9-10-18-19(12-17)22(32)30-29-20(18)11-13-1-3-15(4-2-13)23(33)34/h1-10,12H,11H2,(H,28,31)(H,30,32)(H,33,34). The van der Waals surface area contributed by atoms with Crippen LogP contribution in [0, 0.1) is 0 Å². The molecule has 3 N–H and O–H groups in total. The molecule has 10 heteroatoms. The maximum atomic E-state index is 12.7. The van der Waals surface area contributed by atoms with Gasteiger partial charge in [0.2, 0.25) is 0 Å². The monoisotopic (exact) mass is 467 g/mol. The van der Waals surface area contributed by atoms with Gasteiger partial charge in [-0.05, 0) is 54.1 Å². The highest BCUT2D eigenvalue weighted by molar-refractivity contribution is 6.05.